The van der Waals surface area contributed by atoms with E-state index in [1.807, 2.05) is 12.1 Å². The minimum Gasteiger partial charge on any atom is -0.369 e. The van der Waals surface area contributed by atoms with Gasteiger partial charge in [0.25, 0.3) is 5.91 Å². The van der Waals surface area contributed by atoms with Crippen molar-refractivity contribution >= 4 is 11.6 Å². The minimum absolute atomic E-state index is 0.131. The Hall–Kier alpha value is -2.61. The van der Waals surface area contributed by atoms with E-state index >= 15 is 0 Å². The molecule has 1 amide bonds. The molecule has 3 heterocycles. The first kappa shape index (κ1) is 17.8. The fraction of sp³-hybridized carbons (Fsp3) is 0.368. The lowest BCUT2D eigenvalue weighted by Crippen LogP contribution is -2.27. The third kappa shape index (κ3) is 3.49. The number of nitrogens with one attached hydrogen (secondary N) is 2. The summed E-state index contributed by atoms with van der Waals surface area (Å²) in [5.74, 6) is -0.216. The number of hydrogen-bond donors (Lipinski definition) is 2. The molecular formula is C19H19F3N4O. The van der Waals surface area contributed by atoms with E-state index in [9.17, 15) is 18.0 Å². The highest BCUT2D eigenvalue weighted by atomic mass is 19.4. The normalized spacial score (nSPS) is 16.0. The van der Waals surface area contributed by atoms with Gasteiger partial charge in [0.05, 0.1) is 0 Å². The van der Waals surface area contributed by atoms with Crippen LogP contribution in [0.1, 0.15) is 32.7 Å². The minimum atomic E-state index is -4.46. The number of halogens is 3. The molecule has 5 nitrogen and oxygen atoms in total. The van der Waals surface area contributed by atoms with Crippen molar-refractivity contribution in [2.24, 2.45) is 0 Å². The van der Waals surface area contributed by atoms with Gasteiger partial charge in [-0.3, -0.25) is 9.78 Å². The largest absolute Gasteiger partial charge is 0.433 e. The summed E-state index contributed by atoms with van der Waals surface area (Å²) in [5, 5.41) is 6.17. The quantitative estimate of drug-likeness (QED) is 0.864. The predicted octanol–water partition coefficient (Wildman–Crippen LogP) is 2.50. The molecule has 2 aliphatic heterocycles. The summed E-state index contributed by atoms with van der Waals surface area (Å²) in [6, 6.07) is 6.07. The second-order valence-corrected chi connectivity index (χ2v) is 6.75. The number of nitrogens with zero attached hydrogens (tertiary/aromatic N) is 2. The van der Waals surface area contributed by atoms with E-state index in [1.165, 1.54) is 11.6 Å². The van der Waals surface area contributed by atoms with Gasteiger partial charge in [-0.1, -0.05) is 12.1 Å². The molecule has 0 atom stereocenters. The maximum Gasteiger partial charge on any atom is 0.433 e. The zero-order valence-corrected chi connectivity index (χ0v) is 14.6. The van der Waals surface area contributed by atoms with Gasteiger partial charge in [0, 0.05) is 50.2 Å². The molecule has 0 aliphatic carbocycles. The van der Waals surface area contributed by atoms with Crippen LogP contribution in [-0.2, 0) is 25.7 Å². The van der Waals surface area contributed by atoms with Gasteiger partial charge in [-0.05, 0) is 35.2 Å². The second-order valence-electron chi connectivity index (χ2n) is 6.75. The Labute approximate surface area is 154 Å². The summed E-state index contributed by atoms with van der Waals surface area (Å²) < 4.78 is 37.7. The Kier molecular flexibility index (Phi) is 4.51. The van der Waals surface area contributed by atoms with Crippen LogP contribution in [0.25, 0.3) is 0 Å². The van der Waals surface area contributed by atoms with Crippen LogP contribution < -0.4 is 15.5 Å². The van der Waals surface area contributed by atoms with Crippen molar-refractivity contribution in [2.45, 2.75) is 25.7 Å². The zero-order valence-electron chi connectivity index (χ0n) is 14.6. The Morgan fingerprint density at radius 1 is 1.22 bits per heavy atom. The summed E-state index contributed by atoms with van der Waals surface area (Å²) in [4.78, 5) is 18.4. The number of carbonyl (C=O) groups is 1. The molecule has 8 heteroatoms. The summed E-state index contributed by atoms with van der Waals surface area (Å²) in [5.41, 5.74) is 3.63. The highest BCUT2D eigenvalue weighted by Gasteiger charge is 2.32. The monoisotopic (exact) mass is 376 g/mol. The molecule has 2 N–H and O–H groups in total. The Balaban J connectivity index is 1.49. The summed E-state index contributed by atoms with van der Waals surface area (Å²) in [6.45, 7) is 3.65. The molecule has 27 heavy (non-hydrogen) atoms. The number of amides is 1. The molecule has 0 radical (unpaired) electrons. The predicted molar refractivity (Wildman–Crippen MR) is 94.5 cm³/mol. The topological polar surface area (TPSA) is 57.3 Å². The highest BCUT2D eigenvalue weighted by Crippen LogP contribution is 2.35. The van der Waals surface area contributed by atoms with Gasteiger partial charge >= 0.3 is 6.18 Å². The first-order valence-corrected chi connectivity index (χ1v) is 8.84. The van der Waals surface area contributed by atoms with Gasteiger partial charge in [-0.15, -0.1) is 0 Å². The van der Waals surface area contributed by atoms with E-state index in [0.717, 1.165) is 56.1 Å². The highest BCUT2D eigenvalue weighted by molar-refractivity contribution is 5.98. The van der Waals surface area contributed by atoms with Gasteiger partial charge in [0.15, 0.2) is 0 Å². The van der Waals surface area contributed by atoms with Crippen LogP contribution in [0, 0.1) is 0 Å². The van der Waals surface area contributed by atoms with Crippen LogP contribution >= 0.6 is 0 Å². The second kappa shape index (κ2) is 6.84. The number of pyridine rings is 1. The lowest BCUT2D eigenvalue weighted by Gasteiger charge is -2.19. The molecule has 4 rings (SSSR count). The van der Waals surface area contributed by atoms with E-state index in [1.54, 1.807) is 0 Å². The van der Waals surface area contributed by atoms with Gasteiger partial charge in [0.2, 0.25) is 0 Å². The van der Waals surface area contributed by atoms with Gasteiger partial charge in [-0.25, -0.2) is 0 Å². The van der Waals surface area contributed by atoms with Crippen LogP contribution in [-0.4, -0.2) is 30.5 Å². The van der Waals surface area contributed by atoms with E-state index < -0.39 is 11.9 Å². The van der Waals surface area contributed by atoms with Crippen molar-refractivity contribution in [3.05, 3.63) is 58.4 Å². The van der Waals surface area contributed by atoms with Gasteiger partial charge < -0.3 is 15.5 Å². The van der Waals surface area contributed by atoms with Crippen molar-refractivity contribution in [2.75, 3.05) is 24.5 Å². The average Bonchev–Trinajstić information content (AvgIpc) is 2.95. The van der Waals surface area contributed by atoms with Crippen molar-refractivity contribution in [1.29, 1.82) is 0 Å². The number of anilines is 1. The van der Waals surface area contributed by atoms with Crippen LogP contribution in [0.2, 0.25) is 0 Å². The Morgan fingerprint density at radius 2 is 2.07 bits per heavy atom. The van der Waals surface area contributed by atoms with Crippen molar-refractivity contribution < 1.29 is 18.0 Å². The third-order valence-corrected chi connectivity index (χ3v) is 5.00. The maximum atomic E-state index is 12.7. The third-order valence-electron chi connectivity index (χ3n) is 5.00. The Bertz CT molecular complexity index is 864. The summed E-state index contributed by atoms with van der Waals surface area (Å²) >= 11 is 0. The molecule has 0 spiro atoms. The first-order valence-electron chi connectivity index (χ1n) is 8.84. The lowest BCUT2D eigenvalue weighted by atomic mass is 10.00. The molecule has 2 aliphatic rings. The van der Waals surface area contributed by atoms with Crippen LogP contribution in [0.4, 0.5) is 18.9 Å². The van der Waals surface area contributed by atoms with E-state index in [0.29, 0.717) is 11.1 Å². The van der Waals surface area contributed by atoms with Crippen molar-refractivity contribution in [3.63, 3.8) is 0 Å². The molecule has 2 aromatic rings. The average molecular weight is 376 g/mol. The van der Waals surface area contributed by atoms with Crippen LogP contribution in [0.15, 0.2) is 30.5 Å². The Morgan fingerprint density at radius 3 is 2.81 bits per heavy atom. The first-order chi connectivity index (χ1) is 12.9. The van der Waals surface area contributed by atoms with Gasteiger partial charge in [0.1, 0.15) is 5.69 Å². The fourth-order valence-corrected chi connectivity index (χ4v) is 3.68. The summed E-state index contributed by atoms with van der Waals surface area (Å²) in [7, 11) is 0. The van der Waals surface area contributed by atoms with Gasteiger partial charge in [-0.2, -0.15) is 13.2 Å². The number of benzene rings is 1. The number of hydrogen-bond acceptors (Lipinski definition) is 4. The maximum absolute atomic E-state index is 12.7. The molecule has 0 unspecified atom stereocenters. The number of aromatic nitrogens is 1. The zero-order chi connectivity index (χ0) is 19.0. The molecule has 1 aromatic heterocycles. The van der Waals surface area contributed by atoms with Crippen LogP contribution in [0.5, 0.6) is 0 Å². The molecule has 1 aromatic carbocycles. The van der Waals surface area contributed by atoms with Crippen molar-refractivity contribution in [3.8, 4) is 0 Å². The number of rotatable bonds is 3. The molecule has 0 saturated carbocycles. The summed E-state index contributed by atoms with van der Waals surface area (Å²) in [6.07, 6.45) is -2.49. The van der Waals surface area contributed by atoms with E-state index in [-0.39, 0.29) is 12.5 Å². The SMILES string of the molecule is O=C(NCc1ccc(C(F)(F)F)nc1)c1ccc2c3c1CCN3CCNC2. The molecular weight excluding hydrogens is 357 g/mol. The number of alkyl halides is 3. The standard InChI is InChI=1S/C19H19F3N4O/c20-19(21,22)16-4-1-12(9-24-16)10-25-18(27)15-3-2-13-11-23-6-8-26-7-5-14(15)17(13)26/h1-4,9,23H,5-8,10-11H2,(H,25,27). The molecule has 0 fully saturated rings. The van der Waals surface area contributed by atoms with Crippen LogP contribution in [0.3, 0.4) is 0 Å². The smallest absolute Gasteiger partial charge is 0.369 e. The van der Waals surface area contributed by atoms with E-state index in [2.05, 4.69) is 20.5 Å². The lowest BCUT2D eigenvalue weighted by molar-refractivity contribution is -0.141. The molecule has 0 bridgehead atoms. The molecule has 142 valence electrons. The van der Waals surface area contributed by atoms with E-state index in [4.69, 9.17) is 0 Å². The molecule has 0 saturated heterocycles. The fourth-order valence-electron chi connectivity index (χ4n) is 3.68. The number of carbonyl (C=O) groups excluding carboxylic acids is 1. The van der Waals surface area contributed by atoms with Crippen molar-refractivity contribution in [1.82, 2.24) is 15.6 Å².